The molecule has 0 aromatic heterocycles. The molecule has 0 spiro atoms. The van der Waals surface area contributed by atoms with E-state index in [1.807, 2.05) is 6.07 Å². The molecule has 1 aromatic rings. The number of hydrogen-bond donors (Lipinski definition) is 1. The molecule has 1 aliphatic heterocycles. The molecule has 1 heterocycles. The van der Waals surface area contributed by atoms with Gasteiger partial charge in [-0.1, -0.05) is 15.9 Å². The van der Waals surface area contributed by atoms with Crippen molar-refractivity contribution in [3.8, 4) is 11.5 Å². The number of unbranched alkanes of at least 4 members (excludes halogenated alkanes) is 1. The van der Waals surface area contributed by atoms with Crippen LogP contribution < -0.4 is 15.2 Å². The molecule has 1 aliphatic rings. The Balaban J connectivity index is 2.12. The maximum Gasteiger partial charge on any atom is 0.162 e. The summed E-state index contributed by atoms with van der Waals surface area (Å²) in [5.74, 6) is 1.69. The van der Waals surface area contributed by atoms with E-state index in [0.29, 0.717) is 13.2 Å². The van der Waals surface area contributed by atoms with Crippen molar-refractivity contribution in [1.82, 2.24) is 0 Å². The standard InChI is InChI=1S/C12H16BrNO2/c13-10-8-12-11(15-5-6-16-12)7-9(10)3-1-2-4-14/h7-8H,1-6,14H2. The van der Waals surface area contributed by atoms with Gasteiger partial charge >= 0.3 is 0 Å². The highest BCUT2D eigenvalue weighted by molar-refractivity contribution is 9.10. The van der Waals surface area contributed by atoms with Crippen LogP contribution in [0.4, 0.5) is 0 Å². The highest BCUT2D eigenvalue weighted by atomic mass is 79.9. The molecule has 2 rings (SSSR count). The maximum atomic E-state index is 5.55. The minimum absolute atomic E-state index is 0.631. The fourth-order valence-electron chi connectivity index (χ4n) is 1.76. The molecule has 16 heavy (non-hydrogen) atoms. The maximum absolute atomic E-state index is 5.55. The summed E-state index contributed by atoms with van der Waals surface area (Å²) in [5.41, 5.74) is 6.75. The van der Waals surface area contributed by atoms with Crippen LogP contribution in [0.1, 0.15) is 18.4 Å². The summed E-state index contributed by atoms with van der Waals surface area (Å²) in [6.45, 7) is 2.02. The van der Waals surface area contributed by atoms with E-state index in [1.54, 1.807) is 0 Å². The predicted molar refractivity (Wildman–Crippen MR) is 67.1 cm³/mol. The summed E-state index contributed by atoms with van der Waals surface area (Å²) in [5, 5.41) is 0. The zero-order chi connectivity index (χ0) is 11.4. The number of hydrogen-bond acceptors (Lipinski definition) is 3. The van der Waals surface area contributed by atoms with E-state index < -0.39 is 0 Å². The van der Waals surface area contributed by atoms with E-state index in [4.69, 9.17) is 15.2 Å². The topological polar surface area (TPSA) is 44.5 Å². The molecule has 0 saturated carbocycles. The van der Waals surface area contributed by atoms with E-state index in [2.05, 4.69) is 22.0 Å². The fraction of sp³-hybridized carbons (Fsp3) is 0.500. The molecule has 0 fully saturated rings. The van der Waals surface area contributed by atoms with Crippen LogP contribution in [0.5, 0.6) is 11.5 Å². The van der Waals surface area contributed by atoms with Crippen molar-refractivity contribution < 1.29 is 9.47 Å². The van der Waals surface area contributed by atoms with Crippen LogP contribution in [-0.4, -0.2) is 19.8 Å². The Bertz CT molecular complexity index is 368. The Kier molecular flexibility index (Phi) is 4.07. The predicted octanol–water partition coefficient (Wildman–Crippen LogP) is 2.50. The Labute approximate surface area is 104 Å². The first kappa shape index (κ1) is 11.7. The summed E-state index contributed by atoms with van der Waals surface area (Å²) < 4.78 is 12.2. The number of nitrogens with two attached hydrogens (primary N) is 1. The monoisotopic (exact) mass is 285 g/mol. The Morgan fingerprint density at radius 1 is 1.12 bits per heavy atom. The normalized spacial score (nSPS) is 13.9. The number of aryl methyl sites for hydroxylation is 1. The summed E-state index contributed by atoms with van der Waals surface area (Å²) in [7, 11) is 0. The SMILES string of the molecule is NCCCCc1cc2c(cc1Br)OCCO2. The van der Waals surface area contributed by atoms with Gasteiger partial charge in [0.15, 0.2) is 11.5 Å². The molecule has 0 unspecified atom stereocenters. The van der Waals surface area contributed by atoms with Gasteiger partial charge in [-0.05, 0) is 43.5 Å². The quantitative estimate of drug-likeness (QED) is 0.865. The van der Waals surface area contributed by atoms with Gasteiger partial charge in [-0.25, -0.2) is 0 Å². The number of fused-ring (bicyclic) bond motifs is 1. The molecule has 88 valence electrons. The van der Waals surface area contributed by atoms with Gasteiger partial charge in [0.1, 0.15) is 13.2 Å². The fourth-order valence-corrected chi connectivity index (χ4v) is 2.28. The van der Waals surface area contributed by atoms with Crippen LogP contribution in [0.3, 0.4) is 0 Å². The average molecular weight is 286 g/mol. The van der Waals surface area contributed by atoms with Crippen molar-refractivity contribution in [1.29, 1.82) is 0 Å². The smallest absolute Gasteiger partial charge is 0.162 e. The minimum atomic E-state index is 0.631. The van der Waals surface area contributed by atoms with Crippen molar-refractivity contribution in [3.63, 3.8) is 0 Å². The summed E-state index contributed by atoms with van der Waals surface area (Å²) >= 11 is 3.56. The van der Waals surface area contributed by atoms with Gasteiger partial charge in [-0.3, -0.25) is 0 Å². The van der Waals surface area contributed by atoms with Gasteiger partial charge in [0.25, 0.3) is 0 Å². The number of ether oxygens (including phenoxy) is 2. The summed E-state index contributed by atoms with van der Waals surface area (Å²) in [6, 6.07) is 4.06. The average Bonchev–Trinajstić information content (AvgIpc) is 2.30. The lowest BCUT2D eigenvalue weighted by atomic mass is 10.1. The molecular formula is C12H16BrNO2. The lowest BCUT2D eigenvalue weighted by Gasteiger charge is -2.19. The Morgan fingerprint density at radius 2 is 1.81 bits per heavy atom. The van der Waals surface area contributed by atoms with Crippen LogP contribution in [0.15, 0.2) is 16.6 Å². The second-order valence-electron chi connectivity index (χ2n) is 3.83. The van der Waals surface area contributed by atoms with Gasteiger partial charge in [0, 0.05) is 4.47 Å². The molecule has 1 aromatic carbocycles. The van der Waals surface area contributed by atoms with Crippen molar-refractivity contribution in [3.05, 3.63) is 22.2 Å². The van der Waals surface area contributed by atoms with E-state index in [1.165, 1.54) is 5.56 Å². The first-order chi connectivity index (χ1) is 7.81. The molecule has 0 saturated heterocycles. The Hall–Kier alpha value is -0.740. The van der Waals surface area contributed by atoms with Crippen LogP contribution in [0.25, 0.3) is 0 Å². The number of rotatable bonds is 4. The van der Waals surface area contributed by atoms with E-state index >= 15 is 0 Å². The largest absolute Gasteiger partial charge is 0.486 e. The molecular weight excluding hydrogens is 270 g/mol. The van der Waals surface area contributed by atoms with Gasteiger partial charge < -0.3 is 15.2 Å². The van der Waals surface area contributed by atoms with Crippen LogP contribution >= 0.6 is 15.9 Å². The number of halogens is 1. The van der Waals surface area contributed by atoms with Crippen LogP contribution in [-0.2, 0) is 6.42 Å². The molecule has 0 amide bonds. The van der Waals surface area contributed by atoms with Crippen molar-refractivity contribution in [2.24, 2.45) is 5.73 Å². The molecule has 0 bridgehead atoms. The van der Waals surface area contributed by atoms with Crippen LogP contribution in [0.2, 0.25) is 0 Å². The van der Waals surface area contributed by atoms with E-state index in [0.717, 1.165) is 41.8 Å². The van der Waals surface area contributed by atoms with E-state index in [-0.39, 0.29) is 0 Å². The third kappa shape index (κ3) is 2.68. The van der Waals surface area contributed by atoms with Crippen molar-refractivity contribution in [2.45, 2.75) is 19.3 Å². The second-order valence-corrected chi connectivity index (χ2v) is 4.69. The third-order valence-corrected chi connectivity index (χ3v) is 3.35. The van der Waals surface area contributed by atoms with E-state index in [9.17, 15) is 0 Å². The molecule has 4 heteroatoms. The first-order valence-corrected chi connectivity index (χ1v) is 6.38. The summed E-state index contributed by atoms with van der Waals surface area (Å²) in [4.78, 5) is 0. The zero-order valence-electron chi connectivity index (χ0n) is 9.17. The lowest BCUT2D eigenvalue weighted by molar-refractivity contribution is 0.171. The lowest BCUT2D eigenvalue weighted by Crippen LogP contribution is -2.15. The summed E-state index contributed by atoms with van der Waals surface area (Å²) in [6.07, 6.45) is 3.18. The van der Waals surface area contributed by atoms with Crippen molar-refractivity contribution >= 4 is 15.9 Å². The van der Waals surface area contributed by atoms with Gasteiger partial charge in [0.2, 0.25) is 0 Å². The van der Waals surface area contributed by atoms with Crippen LogP contribution in [0, 0.1) is 0 Å². The van der Waals surface area contributed by atoms with Gasteiger partial charge in [0.05, 0.1) is 0 Å². The molecule has 2 N–H and O–H groups in total. The Morgan fingerprint density at radius 3 is 2.50 bits per heavy atom. The highest BCUT2D eigenvalue weighted by Crippen LogP contribution is 2.35. The molecule has 3 nitrogen and oxygen atoms in total. The molecule has 0 atom stereocenters. The zero-order valence-corrected chi connectivity index (χ0v) is 10.8. The van der Waals surface area contributed by atoms with Gasteiger partial charge in [-0.15, -0.1) is 0 Å². The molecule has 0 aliphatic carbocycles. The third-order valence-electron chi connectivity index (χ3n) is 2.61. The highest BCUT2D eigenvalue weighted by Gasteiger charge is 2.14. The van der Waals surface area contributed by atoms with Crippen molar-refractivity contribution in [2.75, 3.05) is 19.8 Å². The van der Waals surface area contributed by atoms with Gasteiger partial charge in [-0.2, -0.15) is 0 Å². The molecule has 0 radical (unpaired) electrons. The second kappa shape index (κ2) is 5.55. The first-order valence-electron chi connectivity index (χ1n) is 5.59. The minimum Gasteiger partial charge on any atom is -0.486 e. The number of benzene rings is 1.